The minimum absolute atomic E-state index is 0.271. The van der Waals surface area contributed by atoms with Crippen LogP contribution in [0.2, 0.25) is 0 Å². The number of carbonyl (C=O) groups is 2. The number of carbonyl (C=O) groups excluding carboxylic acids is 2. The zero-order valence-electron chi connectivity index (χ0n) is 15.9. The molecule has 3 rings (SSSR count). The maximum absolute atomic E-state index is 12.8. The van der Waals surface area contributed by atoms with Crippen LogP contribution >= 0.6 is 0 Å². The number of benzene rings is 1. The lowest BCUT2D eigenvalue weighted by molar-refractivity contribution is -0.139. The third kappa shape index (κ3) is 4.42. The van der Waals surface area contributed by atoms with Crippen LogP contribution in [0.25, 0.3) is 0 Å². The van der Waals surface area contributed by atoms with Crippen LogP contribution in [0, 0.1) is 0 Å². The molecule has 2 aliphatic rings. The third-order valence-corrected chi connectivity index (χ3v) is 4.76. The van der Waals surface area contributed by atoms with E-state index in [0.717, 1.165) is 31.5 Å². The summed E-state index contributed by atoms with van der Waals surface area (Å²) in [4.78, 5) is 27.4. The highest BCUT2D eigenvalue weighted by Gasteiger charge is 2.35. The first-order valence-corrected chi connectivity index (χ1v) is 9.55. The summed E-state index contributed by atoms with van der Waals surface area (Å²) in [5.41, 5.74) is 1.79. The molecule has 0 saturated carbocycles. The highest BCUT2D eigenvalue weighted by atomic mass is 16.5. The highest BCUT2D eigenvalue weighted by molar-refractivity contribution is 5.95. The molecular weight excluding hydrogens is 346 g/mol. The monoisotopic (exact) mass is 373 g/mol. The number of nitrogens with zero attached hydrogens (tertiary/aromatic N) is 1. The van der Waals surface area contributed by atoms with Crippen LogP contribution in [0.15, 0.2) is 35.5 Å². The summed E-state index contributed by atoms with van der Waals surface area (Å²) in [5, 5.41) is 5.70. The topological polar surface area (TPSA) is 79.9 Å². The van der Waals surface area contributed by atoms with E-state index in [4.69, 9.17) is 9.47 Å². The molecule has 0 radical (unpaired) electrons. The van der Waals surface area contributed by atoms with Gasteiger partial charge in [-0.3, -0.25) is 4.90 Å². The molecule has 7 nitrogen and oxygen atoms in total. The van der Waals surface area contributed by atoms with Gasteiger partial charge in [0, 0.05) is 17.8 Å². The van der Waals surface area contributed by atoms with E-state index in [-0.39, 0.29) is 12.6 Å². The second-order valence-electron chi connectivity index (χ2n) is 6.60. The second-order valence-corrected chi connectivity index (χ2v) is 6.60. The van der Waals surface area contributed by atoms with Crippen LogP contribution in [-0.4, -0.2) is 49.7 Å². The molecule has 1 fully saturated rings. The third-order valence-electron chi connectivity index (χ3n) is 4.76. The number of para-hydroxylation sites is 1. The number of urea groups is 1. The first kappa shape index (κ1) is 19.2. The van der Waals surface area contributed by atoms with Crippen molar-refractivity contribution in [2.24, 2.45) is 0 Å². The van der Waals surface area contributed by atoms with Gasteiger partial charge in [-0.15, -0.1) is 0 Å². The first-order chi connectivity index (χ1) is 13.1. The Labute approximate surface area is 159 Å². The molecule has 1 unspecified atom stereocenters. The number of likely N-dealkylation sites (tertiary alicyclic amines) is 1. The minimum Gasteiger partial charge on any atom is -0.494 e. The summed E-state index contributed by atoms with van der Waals surface area (Å²) >= 11 is 0. The molecule has 0 aromatic heterocycles. The Morgan fingerprint density at radius 1 is 1.19 bits per heavy atom. The summed E-state index contributed by atoms with van der Waals surface area (Å²) in [5.74, 6) is 0.227. The van der Waals surface area contributed by atoms with E-state index < -0.39 is 12.0 Å². The quantitative estimate of drug-likeness (QED) is 0.717. The maximum Gasteiger partial charge on any atom is 0.338 e. The Morgan fingerprint density at radius 2 is 1.93 bits per heavy atom. The van der Waals surface area contributed by atoms with Gasteiger partial charge in [0.2, 0.25) is 0 Å². The Balaban J connectivity index is 2.03. The van der Waals surface area contributed by atoms with Crippen LogP contribution in [0.3, 0.4) is 0 Å². The molecule has 1 aromatic rings. The van der Waals surface area contributed by atoms with Crippen LogP contribution in [0.5, 0.6) is 5.75 Å². The lowest BCUT2D eigenvalue weighted by Crippen LogP contribution is -2.48. The van der Waals surface area contributed by atoms with Gasteiger partial charge in [0.1, 0.15) is 5.75 Å². The van der Waals surface area contributed by atoms with Gasteiger partial charge in [0.05, 0.1) is 24.8 Å². The van der Waals surface area contributed by atoms with E-state index in [0.29, 0.717) is 30.2 Å². The SMILES string of the molecule is CCOC(=O)C1=C(CN2CCCC2)NC(=O)NC1c1ccccc1OCC. The fraction of sp³-hybridized carbons (Fsp3) is 0.500. The number of ether oxygens (including phenoxy) is 2. The fourth-order valence-corrected chi connectivity index (χ4v) is 3.60. The van der Waals surface area contributed by atoms with Crippen molar-refractivity contribution >= 4 is 12.0 Å². The molecule has 0 spiro atoms. The van der Waals surface area contributed by atoms with Gasteiger partial charge in [-0.2, -0.15) is 0 Å². The molecule has 2 amide bonds. The van der Waals surface area contributed by atoms with E-state index >= 15 is 0 Å². The minimum atomic E-state index is -0.613. The Hall–Kier alpha value is -2.54. The molecule has 2 N–H and O–H groups in total. The molecule has 27 heavy (non-hydrogen) atoms. The number of rotatable bonds is 7. The van der Waals surface area contributed by atoms with E-state index in [1.807, 2.05) is 31.2 Å². The van der Waals surface area contributed by atoms with Gasteiger partial charge in [-0.25, -0.2) is 9.59 Å². The second kappa shape index (κ2) is 8.90. The van der Waals surface area contributed by atoms with Gasteiger partial charge in [0.25, 0.3) is 0 Å². The van der Waals surface area contributed by atoms with Crippen molar-refractivity contribution in [1.29, 1.82) is 0 Å². The zero-order chi connectivity index (χ0) is 19.2. The molecule has 1 atom stereocenters. The highest BCUT2D eigenvalue weighted by Crippen LogP contribution is 2.34. The van der Waals surface area contributed by atoms with E-state index in [1.54, 1.807) is 6.92 Å². The average Bonchev–Trinajstić information content (AvgIpc) is 3.15. The van der Waals surface area contributed by atoms with Crippen LogP contribution in [-0.2, 0) is 9.53 Å². The largest absolute Gasteiger partial charge is 0.494 e. The number of esters is 1. The van der Waals surface area contributed by atoms with E-state index in [9.17, 15) is 9.59 Å². The van der Waals surface area contributed by atoms with Crippen molar-refractivity contribution in [2.45, 2.75) is 32.7 Å². The maximum atomic E-state index is 12.8. The van der Waals surface area contributed by atoms with Crippen molar-refractivity contribution in [3.8, 4) is 5.75 Å². The first-order valence-electron chi connectivity index (χ1n) is 9.55. The van der Waals surface area contributed by atoms with Crippen molar-refractivity contribution < 1.29 is 19.1 Å². The van der Waals surface area contributed by atoms with Gasteiger partial charge < -0.3 is 20.1 Å². The summed E-state index contributed by atoms with van der Waals surface area (Å²) in [7, 11) is 0. The van der Waals surface area contributed by atoms with Crippen molar-refractivity contribution in [3.05, 3.63) is 41.1 Å². The zero-order valence-corrected chi connectivity index (χ0v) is 15.9. The van der Waals surface area contributed by atoms with Crippen molar-refractivity contribution in [2.75, 3.05) is 32.8 Å². The summed E-state index contributed by atoms with van der Waals surface area (Å²) in [6.45, 7) is 6.89. The van der Waals surface area contributed by atoms with Crippen LogP contribution in [0.4, 0.5) is 4.79 Å². The molecular formula is C20H27N3O4. The Bertz CT molecular complexity index is 726. The molecule has 0 aliphatic carbocycles. The van der Waals surface area contributed by atoms with Gasteiger partial charge >= 0.3 is 12.0 Å². The number of hydrogen-bond acceptors (Lipinski definition) is 5. The number of nitrogens with one attached hydrogen (secondary N) is 2. The number of hydrogen-bond donors (Lipinski definition) is 2. The summed E-state index contributed by atoms with van der Waals surface area (Å²) < 4.78 is 11.0. The summed E-state index contributed by atoms with van der Waals surface area (Å²) in [6, 6.07) is 6.52. The van der Waals surface area contributed by atoms with Crippen LogP contribution in [0.1, 0.15) is 38.3 Å². The predicted molar refractivity (Wildman–Crippen MR) is 101 cm³/mol. The smallest absolute Gasteiger partial charge is 0.338 e. The molecule has 146 valence electrons. The predicted octanol–water partition coefficient (Wildman–Crippen LogP) is 2.35. The number of amides is 2. The van der Waals surface area contributed by atoms with Gasteiger partial charge in [-0.1, -0.05) is 18.2 Å². The Kier molecular flexibility index (Phi) is 6.34. The molecule has 1 aromatic carbocycles. The fourth-order valence-electron chi connectivity index (χ4n) is 3.60. The lowest BCUT2D eigenvalue weighted by Gasteiger charge is -2.31. The normalized spacial score (nSPS) is 20.2. The van der Waals surface area contributed by atoms with E-state index in [1.165, 1.54) is 0 Å². The lowest BCUT2D eigenvalue weighted by atomic mass is 9.94. The molecule has 2 heterocycles. The summed E-state index contributed by atoms with van der Waals surface area (Å²) in [6.07, 6.45) is 2.26. The molecule has 7 heteroatoms. The molecule has 1 saturated heterocycles. The standard InChI is InChI=1S/C20H27N3O4/c1-3-26-16-10-6-5-9-14(16)18-17(19(24)27-4-2)15(21-20(25)22-18)13-23-11-7-8-12-23/h5-6,9-10,18H,3-4,7-8,11-13H2,1-2H3,(H2,21,22,25). The van der Waals surface area contributed by atoms with E-state index in [2.05, 4.69) is 15.5 Å². The average molecular weight is 373 g/mol. The molecule has 2 aliphatic heterocycles. The van der Waals surface area contributed by atoms with Crippen molar-refractivity contribution in [1.82, 2.24) is 15.5 Å². The van der Waals surface area contributed by atoms with Gasteiger partial charge in [-0.05, 0) is 45.8 Å². The van der Waals surface area contributed by atoms with Crippen molar-refractivity contribution in [3.63, 3.8) is 0 Å². The Morgan fingerprint density at radius 3 is 2.63 bits per heavy atom. The van der Waals surface area contributed by atoms with Gasteiger partial charge in [0.15, 0.2) is 0 Å². The molecule has 0 bridgehead atoms. The van der Waals surface area contributed by atoms with Crippen LogP contribution < -0.4 is 15.4 Å².